The molecule has 1 aromatic carbocycles. The van der Waals surface area contributed by atoms with E-state index < -0.39 is 0 Å². The first kappa shape index (κ1) is 22.4. The van der Waals surface area contributed by atoms with Gasteiger partial charge in [-0.1, -0.05) is 18.6 Å². The van der Waals surface area contributed by atoms with Gasteiger partial charge in [-0.25, -0.2) is 4.39 Å². The van der Waals surface area contributed by atoms with E-state index in [0.717, 1.165) is 11.5 Å². The average molecular weight is 490 g/mol. The van der Waals surface area contributed by atoms with Crippen molar-refractivity contribution in [3.63, 3.8) is 0 Å². The molecule has 1 aromatic rings. The van der Waals surface area contributed by atoms with Crippen LogP contribution in [0.25, 0.3) is 0 Å². The van der Waals surface area contributed by atoms with Crippen LogP contribution in [0.4, 0.5) is 4.39 Å². The fourth-order valence-electron chi connectivity index (χ4n) is 4.33. The van der Waals surface area contributed by atoms with Gasteiger partial charge in [0.15, 0.2) is 5.96 Å². The number of fused-ring (bicyclic) bond motifs is 2. The van der Waals surface area contributed by atoms with Gasteiger partial charge in [-0.15, -0.1) is 24.0 Å². The van der Waals surface area contributed by atoms with Crippen LogP contribution in [0.5, 0.6) is 0 Å². The fourth-order valence-corrected chi connectivity index (χ4v) is 4.33. The highest BCUT2D eigenvalue weighted by molar-refractivity contribution is 14.0. The summed E-state index contributed by atoms with van der Waals surface area (Å²) in [5.41, 5.74) is 0.950. The van der Waals surface area contributed by atoms with Crippen molar-refractivity contribution in [2.45, 2.75) is 56.3 Å². The Hall–Kier alpha value is -0.930. The molecule has 0 aliphatic carbocycles. The van der Waals surface area contributed by atoms with E-state index in [-0.39, 0.29) is 35.9 Å². The lowest BCUT2D eigenvalue weighted by Gasteiger charge is -2.47. The third-order valence-corrected chi connectivity index (χ3v) is 5.89. The second-order valence-electron chi connectivity index (χ2n) is 7.45. The molecule has 0 spiro atoms. The average Bonchev–Trinajstić information content (AvgIpc) is 2.63. The molecular formula is C20H32FIN4O. The molecular weight excluding hydrogens is 458 g/mol. The summed E-state index contributed by atoms with van der Waals surface area (Å²) >= 11 is 0. The first-order valence-corrected chi connectivity index (χ1v) is 9.58. The van der Waals surface area contributed by atoms with Crippen LogP contribution < -0.4 is 10.6 Å². The van der Waals surface area contributed by atoms with E-state index in [1.165, 1.54) is 44.2 Å². The number of piperidine rings is 2. The maximum Gasteiger partial charge on any atom is 0.191 e. The Morgan fingerprint density at radius 3 is 2.44 bits per heavy atom. The van der Waals surface area contributed by atoms with Gasteiger partial charge < -0.3 is 20.3 Å². The van der Waals surface area contributed by atoms with Gasteiger partial charge in [0, 0.05) is 38.8 Å². The first-order chi connectivity index (χ1) is 12.6. The monoisotopic (exact) mass is 490 g/mol. The Morgan fingerprint density at radius 2 is 1.89 bits per heavy atom. The Kier molecular flexibility index (Phi) is 8.75. The van der Waals surface area contributed by atoms with Gasteiger partial charge in [-0.05, 0) is 50.4 Å². The quantitative estimate of drug-likeness (QED) is 0.378. The SMILES string of the molecule is CN=C(NCC(OC)c1ccc(F)cc1)NC1CC2CCCC(C1)N2C.I. The molecule has 0 aromatic heterocycles. The van der Waals surface area contributed by atoms with Crippen LogP contribution in [0, 0.1) is 5.82 Å². The number of aliphatic imine (C=N–C) groups is 1. The summed E-state index contributed by atoms with van der Waals surface area (Å²) in [5, 5.41) is 6.96. The van der Waals surface area contributed by atoms with Crippen molar-refractivity contribution in [1.29, 1.82) is 0 Å². The molecule has 3 atom stereocenters. The lowest BCUT2D eigenvalue weighted by atomic mass is 9.82. The highest BCUT2D eigenvalue weighted by Crippen LogP contribution is 2.32. The topological polar surface area (TPSA) is 48.9 Å². The van der Waals surface area contributed by atoms with Gasteiger partial charge in [0.1, 0.15) is 5.82 Å². The Balaban J connectivity index is 0.00000261. The minimum Gasteiger partial charge on any atom is -0.375 e. The van der Waals surface area contributed by atoms with Crippen LogP contribution in [0.15, 0.2) is 29.3 Å². The molecule has 2 N–H and O–H groups in total. The number of guanidine groups is 1. The number of nitrogens with one attached hydrogen (secondary N) is 2. The standard InChI is InChI=1S/C20H31FN4O.HI/c1-22-20(23-13-19(26-3)14-7-9-15(21)10-8-14)24-16-11-17-5-4-6-18(12-16)25(17)2;/h7-10,16-19H,4-6,11-13H2,1-3H3,(H2,22,23,24);1H. The number of ether oxygens (including phenoxy) is 1. The second kappa shape index (κ2) is 10.6. The molecule has 3 rings (SSSR count). The van der Waals surface area contributed by atoms with Crippen LogP contribution >= 0.6 is 24.0 Å². The molecule has 2 aliphatic heterocycles. The Morgan fingerprint density at radius 1 is 1.26 bits per heavy atom. The van der Waals surface area contributed by atoms with Gasteiger partial charge >= 0.3 is 0 Å². The zero-order valence-electron chi connectivity index (χ0n) is 16.5. The summed E-state index contributed by atoms with van der Waals surface area (Å²) in [6, 6.07) is 8.28. The van der Waals surface area contributed by atoms with E-state index in [9.17, 15) is 4.39 Å². The number of methoxy groups -OCH3 is 1. The van der Waals surface area contributed by atoms with Gasteiger partial charge in [0.2, 0.25) is 0 Å². The molecule has 7 heteroatoms. The van der Waals surface area contributed by atoms with Crippen molar-refractivity contribution in [3.8, 4) is 0 Å². The maximum atomic E-state index is 13.1. The summed E-state index contributed by atoms with van der Waals surface area (Å²) < 4.78 is 18.7. The summed E-state index contributed by atoms with van der Waals surface area (Å²) in [5.74, 6) is 0.573. The molecule has 2 fully saturated rings. The summed E-state index contributed by atoms with van der Waals surface area (Å²) in [4.78, 5) is 6.94. The number of rotatable bonds is 5. The highest BCUT2D eigenvalue weighted by atomic mass is 127. The van der Waals surface area contributed by atoms with E-state index in [2.05, 4.69) is 27.6 Å². The molecule has 152 valence electrons. The smallest absolute Gasteiger partial charge is 0.191 e. The van der Waals surface area contributed by atoms with Crippen LogP contribution in [0.1, 0.15) is 43.8 Å². The normalized spacial score (nSPS) is 26.8. The predicted molar refractivity (Wildman–Crippen MR) is 118 cm³/mol. The molecule has 5 nitrogen and oxygen atoms in total. The Labute approximate surface area is 179 Å². The molecule has 3 unspecified atom stereocenters. The predicted octanol–water partition coefficient (Wildman–Crippen LogP) is 3.31. The molecule has 2 aliphatic rings. The van der Waals surface area contributed by atoms with E-state index in [0.29, 0.717) is 24.7 Å². The largest absolute Gasteiger partial charge is 0.375 e. The maximum absolute atomic E-state index is 13.1. The number of benzene rings is 1. The number of nitrogens with zero attached hydrogens (tertiary/aromatic N) is 2. The zero-order chi connectivity index (χ0) is 18.5. The second-order valence-corrected chi connectivity index (χ2v) is 7.45. The van der Waals surface area contributed by atoms with Crippen molar-refractivity contribution in [1.82, 2.24) is 15.5 Å². The summed E-state index contributed by atoms with van der Waals surface area (Å²) in [7, 11) is 5.73. The van der Waals surface area contributed by atoms with Crippen molar-refractivity contribution in [2.75, 3.05) is 27.7 Å². The van der Waals surface area contributed by atoms with Crippen LogP contribution in [-0.2, 0) is 4.74 Å². The number of hydrogen-bond donors (Lipinski definition) is 2. The number of halogens is 2. The zero-order valence-corrected chi connectivity index (χ0v) is 18.8. The molecule has 2 saturated heterocycles. The third kappa shape index (κ3) is 5.77. The molecule has 2 heterocycles. The fraction of sp³-hybridized carbons (Fsp3) is 0.650. The van der Waals surface area contributed by atoms with Crippen molar-refractivity contribution < 1.29 is 9.13 Å². The number of hydrogen-bond acceptors (Lipinski definition) is 3. The van der Waals surface area contributed by atoms with E-state index in [1.807, 2.05) is 0 Å². The lowest BCUT2D eigenvalue weighted by Crippen LogP contribution is -2.56. The van der Waals surface area contributed by atoms with Gasteiger partial charge in [0.25, 0.3) is 0 Å². The third-order valence-electron chi connectivity index (χ3n) is 5.89. The van der Waals surface area contributed by atoms with E-state index in [1.54, 1.807) is 26.3 Å². The molecule has 0 saturated carbocycles. The summed E-state index contributed by atoms with van der Waals surface area (Å²) in [6.07, 6.45) is 6.14. The molecule has 0 amide bonds. The molecule has 2 bridgehead atoms. The minimum absolute atomic E-state index is 0. The molecule has 27 heavy (non-hydrogen) atoms. The first-order valence-electron chi connectivity index (χ1n) is 9.58. The van der Waals surface area contributed by atoms with E-state index in [4.69, 9.17) is 4.74 Å². The van der Waals surface area contributed by atoms with E-state index >= 15 is 0 Å². The minimum atomic E-state index is -0.234. The van der Waals surface area contributed by atoms with Crippen LogP contribution in [0.3, 0.4) is 0 Å². The van der Waals surface area contributed by atoms with Gasteiger partial charge in [-0.2, -0.15) is 0 Å². The van der Waals surface area contributed by atoms with Crippen molar-refractivity contribution >= 4 is 29.9 Å². The summed E-state index contributed by atoms with van der Waals surface area (Å²) in [6.45, 7) is 0.585. The Bertz CT molecular complexity index is 599. The van der Waals surface area contributed by atoms with Crippen LogP contribution in [0.2, 0.25) is 0 Å². The molecule has 0 radical (unpaired) electrons. The van der Waals surface area contributed by atoms with Gasteiger partial charge in [0.05, 0.1) is 6.10 Å². The van der Waals surface area contributed by atoms with Crippen LogP contribution in [-0.4, -0.2) is 56.7 Å². The highest BCUT2D eigenvalue weighted by Gasteiger charge is 2.36. The van der Waals surface area contributed by atoms with Gasteiger partial charge in [-0.3, -0.25) is 4.99 Å². The lowest BCUT2D eigenvalue weighted by molar-refractivity contribution is 0.0525. The van der Waals surface area contributed by atoms with Crippen molar-refractivity contribution in [2.24, 2.45) is 4.99 Å². The van der Waals surface area contributed by atoms with Crippen molar-refractivity contribution in [3.05, 3.63) is 35.6 Å².